The Hall–Kier alpha value is -3.35. The standard InChI is InChI=1S/C22H26N6O/c1-3-29-19-9-5-4-8-18(19)26-20-16-22(25-17(2)24-20)28-14-12-27(13-15-28)21-10-6-7-11-23-21/h4-11,16H,3,12-15H2,1-2H3,(H,24,25,26). The van der Waals surface area contributed by atoms with Crippen LogP contribution in [0.5, 0.6) is 5.75 Å². The van der Waals surface area contributed by atoms with Gasteiger partial charge in [-0.1, -0.05) is 18.2 Å². The summed E-state index contributed by atoms with van der Waals surface area (Å²) in [4.78, 5) is 18.3. The van der Waals surface area contributed by atoms with Crippen molar-refractivity contribution in [2.75, 3.05) is 47.9 Å². The molecule has 4 rings (SSSR count). The molecule has 0 bridgehead atoms. The van der Waals surface area contributed by atoms with Gasteiger partial charge < -0.3 is 19.9 Å². The highest BCUT2D eigenvalue weighted by molar-refractivity contribution is 5.66. The molecule has 2 aromatic heterocycles. The number of benzene rings is 1. The minimum absolute atomic E-state index is 0.618. The van der Waals surface area contributed by atoms with Crippen LogP contribution in [0.15, 0.2) is 54.7 Å². The minimum atomic E-state index is 0.618. The molecule has 1 aliphatic rings. The largest absolute Gasteiger partial charge is 0.492 e. The van der Waals surface area contributed by atoms with Gasteiger partial charge in [0.1, 0.15) is 29.0 Å². The third kappa shape index (κ3) is 4.56. The predicted molar refractivity (Wildman–Crippen MR) is 116 cm³/mol. The summed E-state index contributed by atoms with van der Waals surface area (Å²) in [6.45, 7) is 8.13. The average molecular weight is 390 g/mol. The molecule has 0 saturated carbocycles. The molecule has 3 aromatic rings. The Kier molecular flexibility index (Phi) is 5.74. The molecule has 0 unspecified atom stereocenters. The first-order valence-electron chi connectivity index (χ1n) is 9.98. The number of aryl methyl sites for hydroxylation is 1. The molecule has 0 atom stereocenters. The highest BCUT2D eigenvalue weighted by Gasteiger charge is 2.20. The second kappa shape index (κ2) is 8.77. The Balaban J connectivity index is 1.48. The number of rotatable bonds is 6. The van der Waals surface area contributed by atoms with Crippen molar-refractivity contribution >= 4 is 23.1 Å². The molecule has 1 aromatic carbocycles. The zero-order valence-corrected chi connectivity index (χ0v) is 16.9. The van der Waals surface area contributed by atoms with E-state index in [2.05, 4.69) is 36.1 Å². The SMILES string of the molecule is CCOc1ccccc1Nc1cc(N2CCN(c3ccccn3)CC2)nc(C)n1. The lowest BCUT2D eigenvalue weighted by atomic mass is 10.2. The molecular formula is C22H26N6O. The third-order valence-corrected chi connectivity index (χ3v) is 4.85. The molecule has 7 heteroatoms. The van der Waals surface area contributed by atoms with E-state index < -0.39 is 0 Å². The maximum absolute atomic E-state index is 5.71. The Morgan fingerprint density at radius 2 is 1.66 bits per heavy atom. The van der Waals surface area contributed by atoms with E-state index in [0.717, 1.165) is 60.9 Å². The number of anilines is 4. The van der Waals surface area contributed by atoms with Crippen molar-refractivity contribution < 1.29 is 4.74 Å². The molecule has 3 heterocycles. The smallest absolute Gasteiger partial charge is 0.142 e. The molecule has 0 amide bonds. The number of nitrogens with zero attached hydrogens (tertiary/aromatic N) is 5. The lowest BCUT2D eigenvalue weighted by Gasteiger charge is -2.36. The summed E-state index contributed by atoms with van der Waals surface area (Å²) >= 11 is 0. The number of hydrogen-bond donors (Lipinski definition) is 1. The molecule has 150 valence electrons. The van der Waals surface area contributed by atoms with Gasteiger partial charge in [0.15, 0.2) is 0 Å². The Bertz CT molecular complexity index is 941. The van der Waals surface area contributed by atoms with Gasteiger partial charge in [0.05, 0.1) is 12.3 Å². The quantitative estimate of drug-likeness (QED) is 0.689. The van der Waals surface area contributed by atoms with Crippen molar-refractivity contribution in [3.05, 3.63) is 60.6 Å². The predicted octanol–water partition coefficient (Wildman–Crippen LogP) is 3.65. The van der Waals surface area contributed by atoms with Gasteiger partial charge in [-0.3, -0.25) is 0 Å². The highest BCUT2D eigenvalue weighted by atomic mass is 16.5. The average Bonchev–Trinajstić information content (AvgIpc) is 2.76. The number of nitrogens with one attached hydrogen (secondary N) is 1. The van der Waals surface area contributed by atoms with E-state index in [1.54, 1.807) is 0 Å². The fraction of sp³-hybridized carbons (Fsp3) is 0.318. The van der Waals surface area contributed by atoms with E-state index in [0.29, 0.717) is 6.61 Å². The second-order valence-corrected chi connectivity index (χ2v) is 6.87. The van der Waals surface area contributed by atoms with Crippen LogP contribution in [-0.4, -0.2) is 47.7 Å². The zero-order valence-electron chi connectivity index (χ0n) is 16.9. The van der Waals surface area contributed by atoms with Crippen LogP contribution in [0, 0.1) is 6.92 Å². The maximum atomic E-state index is 5.71. The fourth-order valence-electron chi connectivity index (χ4n) is 3.47. The molecule has 0 spiro atoms. The molecule has 7 nitrogen and oxygen atoms in total. The van der Waals surface area contributed by atoms with Gasteiger partial charge in [0, 0.05) is 38.4 Å². The van der Waals surface area contributed by atoms with Crippen LogP contribution in [-0.2, 0) is 0 Å². The summed E-state index contributed by atoms with van der Waals surface area (Å²) in [6, 6.07) is 15.9. The summed E-state index contributed by atoms with van der Waals surface area (Å²) in [5.41, 5.74) is 0.901. The van der Waals surface area contributed by atoms with Crippen LogP contribution in [0.3, 0.4) is 0 Å². The van der Waals surface area contributed by atoms with Crippen LogP contribution in [0.2, 0.25) is 0 Å². The zero-order chi connectivity index (χ0) is 20.1. The van der Waals surface area contributed by atoms with Gasteiger partial charge in [-0.2, -0.15) is 0 Å². The second-order valence-electron chi connectivity index (χ2n) is 6.87. The Morgan fingerprint density at radius 3 is 2.38 bits per heavy atom. The van der Waals surface area contributed by atoms with Crippen molar-refractivity contribution in [1.82, 2.24) is 15.0 Å². The third-order valence-electron chi connectivity index (χ3n) is 4.85. The van der Waals surface area contributed by atoms with Crippen molar-refractivity contribution in [2.45, 2.75) is 13.8 Å². The number of ether oxygens (including phenoxy) is 1. The monoisotopic (exact) mass is 390 g/mol. The molecule has 29 heavy (non-hydrogen) atoms. The number of aromatic nitrogens is 3. The molecular weight excluding hydrogens is 364 g/mol. The first kappa shape index (κ1) is 19.0. The lowest BCUT2D eigenvalue weighted by molar-refractivity contribution is 0.342. The van der Waals surface area contributed by atoms with E-state index >= 15 is 0 Å². The summed E-state index contributed by atoms with van der Waals surface area (Å²) in [5.74, 6) is 4.30. The summed E-state index contributed by atoms with van der Waals surface area (Å²) in [7, 11) is 0. The van der Waals surface area contributed by atoms with Crippen LogP contribution < -0.4 is 19.9 Å². The van der Waals surface area contributed by atoms with Crippen molar-refractivity contribution in [3.63, 3.8) is 0 Å². The van der Waals surface area contributed by atoms with E-state index in [4.69, 9.17) is 4.74 Å². The van der Waals surface area contributed by atoms with Crippen LogP contribution in [0.1, 0.15) is 12.7 Å². The Morgan fingerprint density at radius 1 is 0.931 bits per heavy atom. The maximum Gasteiger partial charge on any atom is 0.142 e. The van der Waals surface area contributed by atoms with Gasteiger partial charge in [0.2, 0.25) is 0 Å². The minimum Gasteiger partial charge on any atom is -0.492 e. The van der Waals surface area contributed by atoms with Gasteiger partial charge in [-0.05, 0) is 38.1 Å². The molecule has 1 fully saturated rings. The first-order valence-corrected chi connectivity index (χ1v) is 9.98. The highest BCUT2D eigenvalue weighted by Crippen LogP contribution is 2.28. The Labute approximate surface area is 171 Å². The normalized spacial score (nSPS) is 14.0. The first-order chi connectivity index (χ1) is 14.2. The number of piperazine rings is 1. The number of hydrogen-bond acceptors (Lipinski definition) is 7. The van der Waals surface area contributed by atoms with Gasteiger partial charge in [-0.15, -0.1) is 0 Å². The summed E-state index contributed by atoms with van der Waals surface area (Å²) < 4.78 is 5.71. The molecule has 1 N–H and O–H groups in total. The van der Waals surface area contributed by atoms with Crippen LogP contribution in [0.4, 0.5) is 23.1 Å². The van der Waals surface area contributed by atoms with E-state index in [9.17, 15) is 0 Å². The molecule has 0 radical (unpaired) electrons. The van der Waals surface area contributed by atoms with Gasteiger partial charge >= 0.3 is 0 Å². The van der Waals surface area contributed by atoms with E-state index in [1.807, 2.05) is 62.5 Å². The lowest BCUT2D eigenvalue weighted by Crippen LogP contribution is -2.47. The van der Waals surface area contributed by atoms with Gasteiger partial charge in [-0.25, -0.2) is 15.0 Å². The van der Waals surface area contributed by atoms with Crippen LogP contribution in [0.25, 0.3) is 0 Å². The van der Waals surface area contributed by atoms with Crippen molar-refractivity contribution in [2.24, 2.45) is 0 Å². The summed E-state index contributed by atoms with van der Waals surface area (Å²) in [5, 5.41) is 3.39. The molecule has 1 aliphatic heterocycles. The van der Waals surface area contributed by atoms with Crippen molar-refractivity contribution in [1.29, 1.82) is 0 Å². The summed E-state index contributed by atoms with van der Waals surface area (Å²) in [6.07, 6.45) is 1.84. The molecule has 0 aliphatic carbocycles. The van der Waals surface area contributed by atoms with E-state index in [-0.39, 0.29) is 0 Å². The fourth-order valence-corrected chi connectivity index (χ4v) is 3.47. The van der Waals surface area contributed by atoms with Crippen LogP contribution >= 0.6 is 0 Å². The van der Waals surface area contributed by atoms with Crippen molar-refractivity contribution in [3.8, 4) is 5.75 Å². The molecule has 1 saturated heterocycles. The van der Waals surface area contributed by atoms with E-state index in [1.165, 1.54) is 0 Å². The van der Waals surface area contributed by atoms with Gasteiger partial charge in [0.25, 0.3) is 0 Å². The number of para-hydroxylation sites is 2. The number of pyridine rings is 1. The topological polar surface area (TPSA) is 66.4 Å².